The molecule has 0 spiro atoms. The summed E-state index contributed by atoms with van der Waals surface area (Å²) in [7, 11) is 0. The van der Waals surface area contributed by atoms with Crippen molar-refractivity contribution in [1.82, 2.24) is 4.90 Å². The molecule has 1 aliphatic carbocycles. The van der Waals surface area contributed by atoms with Crippen molar-refractivity contribution in [2.45, 2.75) is 31.4 Å². The number of carbonyl (C=O) groups is 1. The summed E-state index contributed by atoms with van der Waals surface area (Å²) in [6.07, 6.45) is 2.64. The number of nitrogens with two attached hydrogens (primary N) is 1. The molecule has 6 heteroatoms. The van der Waals surface area contributed by atoms with Crippen LogP contribution in [0.5, 0.6) is 0 Å². The predicted octanol–water partition coefficient (Wildman–Crippen LogP) is 1.94. The monoisotopic (exact) mass is 282 g/mol. The van der Waals surface area contributed by atoms with Crippen LogP contribution in [0.15, 0.2) is 12.1 Å². The number of halogens is 2. The minimum atomic E-state index is -0.976. The summed E-state index contributed by atoms with van der Waals surface area (Å²) in [5.41, 5.74) is 4.65. The summed E-state index contributed by atoms with van der Waals surface area (Å²) in [5, 5.41) is 0. The van der Waals surface area contributed by atoms with Gasteiger partial charge in [0.1, 0.15) is 11.4 Å². The van der Waals surface area contributed by atoms with E-state index in [0.29, 0.717) is 13.2 Å². The zero-order valence-corrected chi connectivity index (χ0v) is 10.9. The van der Waals surface area contributed by atoms with Gasteiger partial charge in [0.2, 0.25) is 0 Å². The van der Waals surface area contributed by atoms with Crippen molar-refractivity contribution < 1.29 is 18.3 Å². The van der Waals surface area contributed by atoms with Gasteiger partial charge in [-0.3, -0.25) is 4.79 Å². The zero-order chi connectivity index (χ0) is 14.3. The van der Waals surface area contributed by atoms with Crippen molar-refractivity contribution >= 4 is 11.6 Å². The second kappa shape index (κ2) is 5.01. The van der Waals surface area contributed by atoms with Crippen LogP contribution < -0.4 is 5.73 Å². The zero-order valence-electron chi connectivity index (χ0n) is 10.9. The largest absolute Gasteiger partial charge is 0.396 e. The average molecular weight is 282 g/mol. The fourth-order valence-electron chi connectivity index (χ4n) is 3.09. The third kappa shape index (κ3) is 2.04. The Morgan fingerprint density at radius 3 is 2.95 bits per heavy atom. The van der Waals surface area contributed by atoms with Gasteiger partial charge in [-0.1, -0.05) is 0 Å². The van der Waals surface area contributed by atoms with E-state index < -0.39 is 23.1 Å². The lowest BCUT2D eigenvalue weighted by atomic mass is 10.1. The van der Waals surface area contributed by atoms with E-state index in [1.807, 2.05) is 0 Å². The molecule has 0 bridgehead atoms. The lowest BCUT2D eigenvalue weighted by Crippen LogP contribution is -2.51. The Balaban J connectivity index is 1.94. The van der Waals surface area contributed by atoms with Gasteiger partial charge in [0.15, 0.2) is 5.82 Å². The van der Waals surface area contributed by atoms with Gasteiger partial charge in [-0.25, -0.2) is 8.78 Å². The van der Waals surface area contributed by atoms with Crippen LogP contribution in [0.3, 0.4) is 0 Å². The Morgan fingerprint density at radius 1 is 1.35 bits per heavy atom. The highest BCUT2D eigenvalue weighted by Gasteiger charge is 2.40. The molecule has 1 heterocycles. The molecule has 1 aromatic carbocycles. The molecule has 2 unspecified atom stereocenters. The summed E-state index contributed by atoms with van der Waals surface area (Å²) >= 11 is 0. The van der Waals surface area contributed by atoms with E-state index in [-0.39, 0.29) is 17.8 Å². The third-order valence-corrected chi connectivity index (χ3v) is 4.08. The number of carbonyl (C=O) groups excluding carboxylic acids is 1. The predicted molar refractivity (Wildman–Crippen MR) is 69.2 cm³/mol. The van der Waals surface area contributed by atoms with E-state index in [1.54, 1.807) is 0 Å². The van der Waals surface area contributed by atoms with Crippen LogP contribution in [0.1, 0.15) is 29.6 Å². The van der Waals surface area contributed by atoms with E-state index in [0.717, 1.165) is 31.4 Å². The van der Waals surface area contributed by atoms with E-state index >= 15 is 0 Å². The van der Waals surface area contributed by atoms with E-state index in [9.17, 15) is 13.6 Å². The number of fused-ring (bicyclic) bond motifs is 1. The number of nitrogens with zero attached hydrogens (tertiary/aromatic N) is 1. The molecule has 0 radical (unpaired) electrons. The molecule has 2 aliphatic rings. The number of nitrogen functional groups attached to an aromatic ring is 1. The first-order chi connectivity index (χ1) is 9.59. The topological polar surface area (TPSA) is 55.6 Å². The van der Waals surface area contributed by atoms with Crippen LogP contribution in [-0.2, 0) is 4.74 Å². The van der Waals surface area contributed by atoms with Crippen molar-refractivity contribution in [3.63, 3.8) is 0 Å². The number of benzene rings is 1. The molecule has 1 saturated heterocycles. The van der Waals surface area contributed by atoms with Crippen LogP contribution in [0.4, 0.5) is 14.5 Å². The van der Waals surface area contributed by atoms with Crippen LogP contribution in [0, 0.1) is 11.6 Å². The molecule has 1 aromatic rings. The lowest BCUT2D eigenvalue weighted by molar-refractivity contribution is -0.0448. The summed E-state index contributed by atoms with van der Waals surface area (Å²) in [6.45, 7) is 0.756. The highest BCUT2D eigenvalue weighted by molar-refractivity contribution is 5.96. The number of ether oxygens (including phenoxy) is 1. The van der Waals surface area contributed by atoms with Gasteiger partial charge in [-0.2, -0.15) is 0 Å². The Hall–Kier alpha value is -1.69. The first-order valence-electron chi connectivity index (χ1n) is 6.75. The number of amides is 1. The molecule has 2 N–H and O–H groups in total. The minimum absolute atomic E-state index is 0.0140. The minimum Gasteiger partial charge on any atom is -0.396 e. The first-order valence-corrected chi connectivity index (χ1v) is 6.75. The highest BCUT2D eigenvalue weighted by Crippen LogP contribution is 2.31. The molecule has 1 saturated carbocycles. The molecule has 1 amide bonds. The third-order valence-electron chi connectivity index (χ3n) is 4.08. The molecule has 2 atom stereocenters. The van der Waals surface area contributed by atoms with Gasteiger partial charge in [0.05, 0.1) is 24.4 Å². The first kappa shape index (κ1) is 13.3. The molecule has 20 heavy (non-hydrogen) atoms. The lowest BCUT2D eigenvalue weighted by Gasteiger charge is -2.37. The highest BCUT2D eigenvalue weighted by atomic mass is 19.1. The molecule has 2 fully saturated rings. The number of hydrogen-bond donors (Lipinski definition) is 1. The molecular weight excluding hydrogens is 266 g/mol. The summed E-state index contributed by atoms with van der Waals surface area (Å²) in [4.78, 5) is 14.0. The van der Waals surface area contributed by atoms with E-state index in [1.165, 1.54) is 4.90 Å². The van der Waals surface area contributed by atoms with Crippen molar-refractivity contribution in [1.29, 1.82) is 0 Å². The van der Waals surface area contributed by atoms with Crippen LogP contribution in [-0.4, -0.2) is 36.1 Å². The standard InChI is InChI=1S/C14H16F2N2O2/c15-8-4-5-9(17)13(16)12(8)14(19)18-6-7-20-11-3-1-2-10(11)18/h4-5,10-11H,1-3,6-7,17H2. The van der Waals surface area contributed by atoms with Crippen LogP contribution in [0.25, 0.3) is 0 Å². The quantitative estimate of drug-likeness (QED) is 0.801. The average Bonchev–Trinajstić information content (AvgIpc) is 2.91. The Kier molecular flexibility index (Phi) is 3.33. The van der Waals surface area contributed by atoms with Crippen molar-refractivity contribution in [2.75, 3.05) is 18.9 Å². The maximum atomic E-state index is 14.0. The van der Waals surface area contributed by atoms with Crippen molar-refractivity contribution in [3.05, 3.63) is 29.3 Å². The molecular formula is C14H16F2N2O2. The van der Waals surface area contributed by atoms with Crippen molar-refractivity contribution in [2.24, 2.45) is 0 Å². The number of morpholine rings is 1. The molecule has 4 nitrogen and oxygen atoms in total. The maximum Gasteiger partial charge on any atom is 0.260 e. The van der Waals surface area contributed by atoms with Gasteiger partial charge in [-0.05, 0) is 31.4 Å². The van der Waals surface area contributed by atoms with Crippen LogP contribution in [0.2, 0.25) is 0 Å². The fourth-order valence-corrected chi connectivity index (χ4v) is 3.09. The van der Waals surface area contributed by atoms with Crippen molar-refractivity contribution in [3.8, 4) is 0 Å². The number of rotatable bonds is 1. The molecule has 108 valence electrons. The normalized spacial score (nSPS) is 25.6. The smallest absolute Gasteiger partial charge is 0.260 e. The maximum absolute atomic E-state index is 14.0. The SMILES string of the molecule is Nc1ccc(F)c(C(=O)N2CCOC3CCCC32)c1F. The van der Waals surface area contributed by atoms with Gasteiger partial charge < -0.3 is 15.4 Å². The molecule has 0 aromatic heterocycles. The molecule has 3 rings (SSSR count). The van der Waals surface area contributed by atoms with E-state index in [2.05, 4.69) is 0 Å². The second-order valence-corrected chi connectivity index (χ2v) is 5.23. The Bertz CT molecular complexity index is 550. The summed E-state index contributed by atoms with van der Waals surface area (Å²) in [6, 6.07) is 2.06. The van der Waals surface area contributed by atoms with Gasteiger partial charge in [0.25, 0.3) is 5.91 Å². The fraction of sp³-hybridized carbons (Fsp3) is 0.500. The Labute approximate surface area is 115 Å². The van der Waals surface area contributed by atoms with E-state index in [4.69, 9.17) is 10.5 Å². The van der Waals surface area contributed by atoms with Crippen LogP contribution >= 0.6 is 0 Å². The van der Waals surface area contributed by atoms with Gasteiger partial charge in [0, 0.05) is 6.54 Å². The Morgan fingerprint density at radius 2 is 2.15 bits per heavy atom. The van der Waals surface area contributed by atoms with Gasteiger partial charge in [-0.15, -0.1) is 0 Å². The summed E-state index contributed by atoms with van der Waals surface area (Å²) < 4.78 is 33.4. The molecule has 1 aliphatic heterocycles. The summed E-state index contributed by atoms with van der Waals surface area (Å²) in [5.74, 6) is -2.48. The second-order valence-electron chi connectivity index (χ2n) is 5.23. The number of hydrogen-bond acceptors (Lipinski definition) is 3. The van der Waals surface area contributed by atoms with Gasteiger partial charge >= 0.3 is 0 Å². The number of anilines is 1.